The molecule has 2 aromatic carbocycles. The SMILES string of the molecule is CCOOC(=O)c1ccc2ccccc2c1. The minimum Gasteiger partial charge on any atom is -0.293 e. The summed E-state index contributed by atoms with van der Waals surface area (Å²) in [5.74, 6) is -0.465. The maximum atomic E-state index is 11.5. The number of rotatable bonds is 3. The first-order valence-electron chi connectivity index (χ1n) is 5.14. The average Bonchev–Trinajstić information content (AvgIpc) is 2.35. The molecule has 3 heteroatoms. The van der Waals surface area contributed by atoms with Crippen LogP contribution in [0.5, 0.6) is 0 Å². The molecule has 0 aliphatic heterocycles. The largest absolute Gasteiger partial charge is 0.373 e. The van der Waals surface area contributed by atoms with Crippen LogP contribution in [-0.2, 0) is 9.78 Å². The summed E-state index contributed by atoms with van der Waals surface area (Å²) in [5, 5.41) is 2.10. The van der Waals surface area contributed by atoms with Gasteiger partial charge in [0.1, 0.15) is 0 Å². The van der Waals surface area contributed by atoms with E-state index in [-0.39, 0.29) is 0 Å². The van der Waals surface area contributed by atoms with E-state index < -0.39 is 5.97 Å². The second-order valence-corrected chi connectivity index (χ2v) is 3.34. The van der Waals surface area contributed by atoms with E-state index in [9.17, 15) is 4.79 Å². The Bertz CT molecular complexity index is 505. The van der Waals surface area contributed by atoms with E-state index in [1.54, 1.807) is 19.1 Å². The van der Waals surface area contributed by atoms with Crippen molar-refractivity contribution in [1.82, 2.24) is 0 Å². The molecule has 0 fully saturated rings. The van der Waals surface area contributed by atoms with Gasteiger partial charge in [0.15, 0.2) is 0 Å². The van der Waals surface area contributed by atoms with Gasteiger partial charge in [-0.15, -0.1) is 0 Å². The molecule has 0 atom stereocenters. The van der Waals surface area contributed by atoms with E-state index in [4.69, 9.17) is 0 Å². The highest BCUT2D eigenvalue weighted by molar-refractivity contribution is 5.95. The molecule has 0 aliphatic carbocycles. The molecule has 2 rings (SSSR count). The van der Waals surface area contributed by atoms with Crippen LogP contribution < -0.4 is 0 Å². The van der Waals surface area contributed by atoms with Gasteiger partial charge in [-0.3, -0.25) is 4.89 Å². The van der Waals surface area contributed by atoms with E-state index in [0.717, 1.165) is 10.8 Å². The normalized spacial score (nSPS) is 10.3. The summed E-state index contributed by atoms with van der Waals surface area (Å²) in [5.41, 5.74) is 0.493. The first-order chi connectivity index (χ1) is 7.81. The maximum Gasteiger partial charge on any atom is 0.373 e. The molecule has 3 nitrogen and oxygen atoms in total. The lowest BCUT2D eigenvalue weighted by atomic mass is 10.1. The zero-order valence-corrected chi connectivity index (χ0v) is 8.97. The molecule has 0 radical (unpaired) electrons. The minimum absolute atomic E-state index is 0.347. The Balaban J connectivity index is 2.28. The Morgan fingerprint density at radius 3 is 2.62 bits per heavy atom. The number of carbonyl (C=O) groups excluding carboxylic acids is 1. The standard InChI is InChI=1S/C13H12O3/c1-2-15-16-13(14)12-8-7-10-5-3-4-6-11(10)9-12/h3-9H,2H2,1H3. The smallest absolute Gasteiger partial charge is 0.293 e. The lowest BCUT2D eigenvalue weighted by molar-refractivity contribution is -0.236. The lowest BCUT2D eigenvalue weighted by Gasteiger charge is -2.03. The predicted molar refractivity (Wildman–Crippen MR) is 61.0 cm³/mol. The first kappa shape index (κ1) is 10.6. The fourth-order valence-corrected chi connectivity index (χ4v) is 1.48. The van der Waals surface area contributed by atoms with Crippen LogP contribution in [0.4, 0.5) is 0 Å². The molecule has 0 bridgehead atoms. The topological polar surface area (TPSA) is 35.5 Å². The third-order valence-electron chi connectivity index (χ3n) is 2.24. The molecule has 0 aliphatic rings. The first-order valence-corrected chi connectivity index (χ1v) is 5.14. The third-order valence-corrected chi connectivity index (χ3v) is 2.24. The van der Waals surface area contributed by atoms with Gasteiger partial charge in [0.05, 0.1) is 12.2 Å². The number of fused-ring (bicyclic) bond motifs is 1. The Hall–Kier alpha value is -1.87. The lowest BCUT2D eigenvalue weighted by Crippen LogP contribution is -2.05. The van der Waals surface area contributed by atoms with Gasteiger partial charge in [-0.25, -0.2) is 4.79 Å². The Morgan fingerprint density at radius 1 is 1.12 bits per heavy atom. The summed E-state index contributed by atoms with van der Waals surface area (Å²) in [4.78, 5) is 20.7. The molecular weight excluding hydrogens is 204 g/mol. The van der Waals surface area contributed by atoms with Gasteiger partial charge < -0.3 is 0 Å². The number of hydrogen-bond donors (Lipinski definition) is 0. The number of carbonyl (C=O) groups is 1. The van der Waals surface area contributed by atoms with Crippen LogP contribution in [0.25, 0.3) is 10.8 Å². The van der Waals surface area contributed by atoms with Crippen LogP contribution in [0.2, 0.25) is 0 Å². The van der Waals surface area contributed by atoms with Crippen LogP contribution in [0.3, 0.4) is 0 Å². The summed E-state index contributed by atoms with van der Waals surface area (Å²) >= 11 is 0. The quantitative estimate of drug-likeness (QED) is 0.584. The Morgan fingerprint density at radius 2 is 1.88 bits per heavy atom. The Kier molecular flexibility index (Phi) is 3.17. The highest BCUT2D eigenvalue weighted by Crippen LogP contribution is 2.16. The molecule has 0 heterocycles. The summed E-state index contributed by atoms with van der Waals surface area (Å²) in [6.07, 6.45) is 0. The van der Waals surface area contributed by atoms with Gasteiger partial charge in [-0.2, -0.15) is 4.89 Å². The van der Waals surface area contributed by atoms with Crippen molar-refractivity contribution in [3.8, 4) is 0 Å². The van der Waals surface area contributed by atoms with Gasteiger partial charge in [-0.05, 0) is 29.8 Å². The van der Waals surface area contributed by atoms with Crippen molar-refractivity contribution in [1.29, 1.82) is 0 Å². The maximum absolute atomic E-state index is 11.5. The van der Waals surface area contributed by atoms with Crippen molar-refractivity contribution in [2.24, 2.45) is 0 Å². The molecule has 82 valence electrons. The molecule has 0 saturated carbocycles. The third kappa shape index (κ3) is 2.20. The molecule has 0 aromatic heterocycles. The second-order valence-electron chi connectivity index (χ2n) is 3.34. The van der Waals surface area contributed by atoms with Crippen LogP contribution in [0.15, 0.2) is 42.5 Å². The molecule has 0 amide bonds. The number of benzene rings is 2. The van der Waals surface area contributed by atoms with Crippen molar-refractivity contribution >= 4 is 16.7 Å². The van der Waals surface area contributed by atoms with Gasteiger partial charge >= 0.3 is 5.97 Å². The fraction of sp³-hybridized carbons (Fsp3) is 0.154. The highest BCUT2D eigenvalue weighted by Gasteiger charge is 2.08. The Labute approximate surface area is 93.5 Å². The molecule has 2 aromatic rings. The van der Waals surface area contributed by atoms with Gasteiger partial charge in [-0.1, -0.05) is 30.3 Å². The van der Waals surface area contributed by atoms with Crippen LogP contribution >= 0.6 is 0 Å². The van der Waals surface area contributed by atoms with Gasteiger partial charge in [0.2, 0.25) is 0 Å². The van der Waals surface area contributed by atoms with Crippen LogP contribution in [0, 0.1) is 0 Å². The summed E-state index contributed by atoms with van der Waals surface area (Å²) in [6, 6.07) is 13.2. The minimum atomic E-state index is -0.465. The van der Waals surface area contributed by atoms with E-state index in [2.05, 4.69) is 9.78 Å². The van der Waals surface area contributed by atoms with Gasteiger partial charge in [0, 0.05) is 0 Å². The van der Waals surface area contributed by atoms with Gasteiger partial charge in [0.25, 0.3) is 0 Å². The van der Waals surface area contributed by atoms with Crippen molar-refractivity contribution in [3.63, 3.8) is 0 Å². The van der Waals surface area contributed by atoms with E-state index in [1.807, 2.05) is 30.3 Å². The zero-order valence-electron chi connectivity index (χ0n) is 8.97. The number of hydrogen-bond acceptors (Lipinski definition) is 3. The van der Waals surface area contributed by atoms with Crippen molar-refractivity contribution in [2.45, 2.75) is 6.92 Å². The highest BCUT2D eigenvalue weighted by atomic mass is 17.2. The van der Waals surface area contributed by atoms with Crippen molar-refractivity contribution in [2.75, 3.05) is 6.61 Å². The molecule has 0 spiro atoms. The summed E-state index contributed by atoms with van der Waals surface area (Å²) < 4.78 is 0. The second kappa shape index (κ2) is 4.77. The zero-order chi connectivity index (χ0) is 11.4. The van der Waals surface area contributed by atoms with E-state index in [0.29, 0.717) is 12.2 Å². The van der Waals surface area contributed by atoms with Crippen LogP contribution in [0.1, 0.15) is 17.3 Å². The molecule has 16 heavy (non-hydrogen) atoms. The van der Waals surface area contributed by atoms with Crippen LogP contribution in [-0.4, -0.2) is 12.6 Å². The molecule has 0 N–H and O–H groups in total. The predicted octanol–water partition coefficient (Wildman–Crippen LogP) is 2.95. The molecule has 0 saturated heterocycles. The summed E-state index contributed by atoms with van der Waals surface area (Å²) in [6.45, 7) is 2.10. The van der Waals surface area contributed by atoms with Crippen molar-refractivity contribution in [3.05, 3.63) is 48.0 Å². The fourth-order valence-electron chi connectivity index (χ4n) is 1.48. The summed E-state index contributed by atoms with van der Waals surface area (Å²) in [7, 11) is 0. The average molecular weight is 216 g/mol. The van der Waals surface area contributed by atoms with Crippen molar-refractivity contribution < 1.29 is 14.6 Å². The molecular formula is C13H12O3. The molecule has 0 unspecified atom stereocenters. The van der Waals surface area contributed by atoms with E-state index >= 15 is 0 Å². The monoisotopic (exact) mass is 216 g/mol. The van der Waals surface area contributed by atoms with E-state index in [1.165, 1.54) is 0 Å².